The van der Waals surface area contributed by atoms with E-state index < -0.39 is 0 Å². The van der Waals surface area contributed by atoms with E-state index in [9.17, 15) is 0 Å². The highest BCUT2D eigenvalue weighted by molar-refractivity contribution is 9.10. The van der Waals surface area contributed by atoms with E-state index in [2.05, 4.69) is 61.9 Å². The zero-order valence-corrected chi connectivity index (χ0v) is 13.4. The van der Waals surface area contributed by atoms with Crippen molar-refractivity contribution in [3.8, 4) is 0 Å². The summed E-state index contributed by atoms with van der Waals surface area (Å²) in [6, 6.07) is 8.36. The van der Waals surface area contributed by atoms with E-state index in [0.29, 0.717) is 5.96 Å². The first kappa shape index (κ1) is 13.9. The van der Waals surface area contributed by atoms with Gasteiger partial charge in [0.15, 0.2) is 5.96 Å². The molecule has 1 fully saturated rings. The molecule has 1 spiro atoms. The number of likely N-dealkylation sites (tertiary alicyclic amines) is 1. The van der Waals surface area contributed by atoms with E-state index in [1.54, 1.807) is 0 Å². The van der Waals surface area contributed by atoms with Crippen LogP contribution in [0.2, 0.25) is 0 Å². The van der Waals surface area contributed by atoms with Gasteiger partial charge in [-0.1, -0.05) is 22.9 Å². The first-order chi connectivity index (χ1) is 9.64. The zero-order valence-electron chi connectivity index (χ0n) is 11.8. The minimum atomic E-state index is 0.0869. The first-order valence-electron chi connectivity index (χ1n) is 7.23. The summed E-state index contributed by atoms with van der Waals surface area (Å²) in [4.78, 5) is 9.29. The number of guanidine groups is 1. The molecular formula is C15H21BrN4. The van der Waals surface area contributed by atoms with Crippen LogP contribution in [0.25, 0.3) is 0 Å². The molecule has 0 amide bonds. The van der Waals surface area contributed by atoms with Gasteiger partial charge in [0.1, 0.15) is 0 Å². The summed E-state index contributed by atoms with van der Waals surface area (Å²) in [7, 11) is 0. The van der Waals surface area contributed by atoms with Crippen molar-refractivity contribution in [2.45, 2.75) is 25.3 Å². The molecule has 0 atom stereocenters. The molecule has 3 rings (SSSR count). The lowest BCUT2D eigenvalue weighted by atomic mass is 9.86. The predicted octanol–water partition coefficient (Wildman–Crippen LogP) is 2.44. The van der Waals surface area contributed by atoms with Gasteiger partial charge in [-0.05, 0) is 43.7 Å². The Bertz CT molecular complexity index is 503. The van der Waals surface area contributed by atoms with Crippen LogP contribution in [0, 0.1) is 0 Å². The highest BCUT2D eigenvalue weighted by Crippen LogP contribution is 2.37. The number of hydrogen-bond donors (Lipinski definition) is 1. The summed E-state index contributed by atoms with van der Waals surface area (Å²) in [5.74, 6) is 0.664. The van der Waals surface area contributed by atoms with Crippen LogP contribution in [0.1, 0.15) is 19.8 Å². The summed E-state index contributed by atoms with van der Waals surface area (Å²) in [5, 5.41) is 0. The van der Waals surface area contributed by atoms with E-state index in [-0.39, 0.29) is 5.54 Å². The predicted molar refractivity (Wildman–Crippen MR) is 87.2 cm³/mol. The second kappa shape index (κ2) is 5.37. The molecule has 0 unspecified atom stereocenters. The Labute approximate surface area is 128 Å². The largest absolute Gasteiger partial charge is 0.369 e. The fraction of sp³-hybridized carbons (Fsp3) is 0.533. The molecule has 1 aromatic carbocycles. The maximum Gasteiger partial charge on any atom is 0.196 e. The lowest BCUT2D eigenvalue weighted by molar-refractivity contribution is 0.178. The number of piperidine rings is 1. The highest BCUT2D eigenvalue weighted by Gasteiger charge is 2.44. The molecule has 0 aromatic heterocycles. The Kier molecular flexibility index (Phi) is 3.73. The normalized spacial score (nSPS) is 22.3. The third kappa shape index (κ3) is 2.33. The molecular weight excluding hydrogens is 316 g/mol. The maximum absolute atomic E-state index is 6.17. The molecule has 0 radical (unpaired) electrons. The van der Waals surface area contributed by atoms with Crippen LogP contribution in [0.4, 0.5) is 5.69 Å². The van der Waals surface area contributed by atoms with Crippen LogP contribution < -0.4 is 10.6 Å². The van der Waals surface area contributed by atoms with Crippen LogP contribution in [-0.2, 0) is 0 Å². The van der Waals surface area contributed by atoms with Crippen molar-refractivity contribution in [1.82, 2.24) is 4.90 Å². The van der Waals surface area contributed by atoms with Gasteiger partial charge in [-0.2, -0.15) is 0 Å². The maximum atomic E-state index is 6.17. The Morgan fingerprint density at radius 1 is 1.25 bits per heavy atom. The van der Waals surface area contributed by atoms with Crippen molar-refractivity contribution < 1.29 is 0 Å². The van der Waals surface area contributed by atoms with Gasteiger partial charge in [-0.25, -0.2) is 0 Å². The summed E-state index contributed by atoms with van der Waals surface area (Å²) in [6.45, 7) is 6.44. The monoisotopic (exact) mass is 336 g/mol. The molecule has 108 valence electrons. The van der Waals surface area contributed by atoms with Crippen LogP contribution >= 0.6 is 15.9 Å². The SMILES string of the molecule is CCN1CCC2(CC1)CN=C(N)N2c1ccc(Br)cc1. The van der Waals surface area contributed by atoms with Crippen molar-refractivity contribution in [2.75, 3.05) is 31.1 Å². The number of benzene rings is 1. The topological polar surface area (TPSA) is 44.9 Å². The second-order valence-corrected chi connectivity index (χ2v) is 6.56. The van der Waals surface area contributed by atoms with Crippen LogP contribution in [0.3, 0.4) is 0 Å². The Morgan fingerprint density at radius 2 is 1.90 bits per heavy atom. The standard InChI is InChI=1S/C15H21BrN4/c1-2-19-9-7-15(8-10-19)11-18-14(17)20(15)13-5-3-12(16)4-6-13/h3-6H,2,7-11H2,1H3,(H2,17,18). The van der Waals surface area contributed by atoms with Crippen molar-refractivity contribution in [3.05, 3.63) is 28.7 Å². The van der Waals surface area contributed by atoms with Gasteiger partial charge in [-0.3, -0.25) is 4.99 Å². The quantitative estimate of drug-likeness (QED) is 0.902. The van der Waals surface area contributed by atoms with Gasteiger partial charge in [0.2, 0.25) is 0 Å². The van der Waals surface area contributed by atoms with Gasteiger partial charge in [0.05, 0.1) is 12.1 Å². The van der Waals surface area contributed by atoms with E-state index >= 15 is 0 Å². The number of anilines is 1. The lowest BCUT2D eigenvalue weighted by Gasteiger charge is -2.45. The van der Waals surface area contributed by atoms with Gasteiger partial charge >= 0.3 is 0 Å². The van der Waals surface area contributed by atoms with Crippen LogP contribution in [-0.4, -0.2) is 42.6 Å². The average molecular weight is 337 g/mol. The number of nitrogens with two attached hydrogens (primary N) is 1. The Morgan fingerprint density at radius 3 is 2.50 bits per heavy atom. The number of aliphatic imine (C=N–C) groups is 1. The molecule has 2 heterocycles. The van der Waals surface area contributed by atoms with Crippen molar-refractivity contribution in [1.29, 1.82) is 0 Å². The summed E-state index contributed by atoms with van der Waals surface area (Å²) in [5.41, 5.74) is 7.41. The molecule has 2 aliphatic heterocycles. The Balaban J connectivity index is 1.87. The molecule has 2 N–H and O–H groups in total. The molecule has 0 bridgehead atoms. The first-order valence-corrected chi connectivity index (χ1v) is 8.02. The van der Waals surface area contributed by atoms with Crippen LogP contribution in [0.15, 0.2) is 33.7 Å². The van der Waals surface area contributed by atoms with Gasteiger partial charge in [-0.15, -0.1) is 0 Å². The third-order valence-corrected chi connectivity index (χ3v) is 5.09. The molecule has 1 aromatic rings. The number of rotatable bonds is 2. The zero-order chi connectivity index (χ0) is 14.2. The van der Waals surface area contributed by atoms with E-state index in [4.69, 9.17) is 5.73 Å². The highest BCUT2D eigenvalue weighted by atomic mass is 79.9. The fourth-order valence-electron chi connectivity index (χ4n) is 3.28. The number of nitrogens with zero attached hydrogens (tertiary/aromatic N) is 3. The molecule has 5 heteroatoms. The smallest absolute Gasteiger partial charge is 0.196 e. The molecule has 2 aliphatic rings. The van der Waals surface area contributed by atoms with Crippen molar-refractivity contribution >= 4 is 27.6 Å². The molecule has 0 aliphatic carbocycles. The minimum absolute atomic E-state index is 0.0869. The number of halogens is 1. The van der Waals surface area contributed by atoms with Crippen molar-refractivity contribution in [2.24, 2.45) is 10.7 Å². The lowest BCUT2D eigenvalue weighted by Crippen LogP contribution is -2.57. The molecule has 20 heavy (non-hydrogen) atoms. The second-order valence-electron chi connectivity index (χ2n) is 5.64. The summed E-state index contributed by atoms with van der Waals surface area (Å²) < 4.78 is 1.09. The van der Waals surface area contributed by atoms with Gasteiger partial charge < -0.3 is 15.5 Å². The fourth-order valence-corrected chi connectivity index (χ4v) is 3.54. The van der Waals surface area contributed by atoms with Crippen molar-refractivity contribution in [3.63, 3.8) is 0 Å². The van der Waals surface area contributed by atoms with Crippen LogP contribution in [0.5, 0.6) is 0 Å². The number of hydrogen-bond acceptors (Lipinski definition) is 4. The van der Waals surface area contributed by atoms with E-state index in [1.165, 1.54) is 0 Å². The minimum Gasteiger partial charge on any atom is -0.369 e. The third-order valence-electron chi connectivity index (χ3n) is 4.56. The van der Waals surface area contributed by atoms with E-state index in [0.717, 1.165) is 49.2 Å². The van der Waals surface area contributed by atoms with Gasteiger partial charge in [0, 0.05) is 23.2 Å². The molecule has 1 saturated heterocycles. The summed E-state index contributed by atoms with van der Waals surface area (Å²) >= 11 is 3.49. The molecule has 4 nitrogen and oxygen atoms in total. The summed E-state index contributed by atoms with van der Waals surface area (Å²) in [6.07, 6.45) is 2.25. The Hall–Kier alpha value is -1.07. The molecule has 0 saturated carbocycles. The average Bonchev–Trinajstić information content (AvgIpc) is 2.78. The van der Waals surface area contributed by atoms with E-state index in [1.807, 2.05) is 0 Å². The van der Waals surface area contributed by atoms with Gasteiger partial charge in [0.25, 0.3) is 0 Å².